The van der Waals surface area contributed by atoms with Gasteiger partial charge in [-0.2, -0.15) is 0 Å². The van der Waals surface area contributed by atoms with Crippen molar-refractivity contribution in [2.45, 2.75) is 6.92 Å². The van der Waals surface area contributed by atoms with E-state index in [1.54, 1.807) is 31.5 Å². The molecule has 1 aromatic carbocycles. The Balaban J connectivity index is 1.73. The molecule has 0 aliphatic carbocycles. The van der Waals surface area contributed by atoms with Crippen molar-refractivity contribution < 1.29 is 8.42 Å². The highest BCUT2D eigenvalue weighted by Gasteiger charge is 2.08. The molecule has 0 bridgehead atoms. The van der Waals surface area contributed by atoms with E-state index in [1.165, 1.54) is 11.3 Å². The standard InChI is InChI=1S/C16H16N4O2S2/c1-2-24(21,22)20-13-7-5-12(6-8-13)15-11-23-16(19-15)18-14-4-3-9-17-10-14/h3-11,20H,2H2,1H3,(H,18,19). The number of rotatable bonds is 6. The predicted molar refractivity (Wildman–Crippen MR) is 98.2 cm³/mol. The minimum absolute atomic E-state index is 0.0458. The highest BCUT2D eigenvalue weighted by Crippen LogP contribution is 2.27. The third kappa shape index (κ3) is 4.09. The number of sulfonamides is 1. The molecule has 3 rings (SSSR count). The van der Waals surface area contributed by atoms with Gasteiger partial charge in [0.2, 0.25) is 10.0 Å². The summed E-state index contributed by atoms with van der Waals surface area (Å²) in [7, 11) is -3.26. The third-order valence-corrected chi connectivity index (χ3v) is 5.32. The lowest BCUT2D eigenvalue weighted by Crippen LogP contribution is -2.14. The zero-order chi connectivity index (χ0) is 17.0. The van der Waals surface area contributed by atoms with E-state index in [9.17, 15) is 8.42 Å². The van der Waals surface area contributed by atoms with Crippen molar-refractivity contribution in [3.05, 3.63) is 54.2 Å². The zero-order valence-electron chi connectivity index (χ0n) is 12.9. The summed E-state index contributed by atoms with van der Waals surface area (Å²) >= 11 is 1.50. The molecule has 8 heteroatoms. The number of nitrogens with zero attached hydrogens (tertiary/aromatic N) is 2. The van der Waals surface area contributed by atoms with Crippen LogP contribution in [0.2, 0.25) is 0 Å². The second-order valence-electron chi connectivity index (χ2n) is 4.99. The lowest BCUT2D eigenvalue weighted by atomic mass is 10.1. The molecule has 0 amide bonds. The van der Waals surface area contributed by atoms with E-state index in [0.29, 0.717) is 5.69 Å². The maximum absolute atomic E-state index is 11.6. The van der Waals surface area contributed by atoms with Gasteiger partial charge in [0.05, 0.1) is 23.3 Å². The van der Waals surface area contributed by atoms with Crippen LogP contribution < -0.4 is 10.0 Å². The number of hydrogen-bond donors (Lipinski definition) is 2. The van der Waals surface area contributed by atoms with E-state index >= 15 is 0 Å². The van der Waals surface area contributed by atoms with Crippen molar-refractivity contribution in [2.75, 3.05) is 15.8 Å². The Morgan fingerprint density at radius 1 is 1.12 bits per heavy atom. The first kappa shape index (κ1) is 16.4. The van der Waals surface area contributed by atoms with Crippen molar-refractivity contribution >= 4 is 37.9 Å². The van der Waals surface area contributed by atoms with E-state index < -0.39 is 10.0 Å². The average molecular weight is 360 g/mol. The summed E-state index contributed by atoms with van der Waals surface area (Å²) < 4.78 is 25.7. The van der Waals surface area contributed by atoms with Crippen LogP contribution in [0, 0.1) is 0 Å². The maximum Gasteiger partial charge on any atom is 0.232 e. The van der Waals surface area contributed by atoms with Gasteiger partial charge in [-0.15, -0.1) is 11.3 Å². The lowest BCUT2D eigenvalue weighted by Gasteiger charge is -2.06. The normalized spacial score (nSPS) is 11.2. The van der Waals surface area contributed by atoms with Crippen molar-refractivity contribution in [3.8, 4) is 11.3 Å². The fourth-order valence-corrected chi connectivity index (χ4v) is 3.36. The molecule has 0 radical (unpaired) electrons. The van der Waals surface area contributed by atoms with Crippen LogP contribution in [0.4, 0.5) is 16.5 Å². The van der Waals surface area contributed by atoms with E-state index in [-0.39, 0.29) is 5.75 Å². The molecule has 2 N–H and O–H groups in total. The van der Waals surface area contributed by atoms with Gasteiger partial charge < -0.3 is 5.32 Å². The van der Waals surface area contributed by atoms with E-state index in [1.807, 2.05) is 29.6 Å². The highest BCUT2D eigenvalue weighted by molar-refractivity contribution is 7.92. The molecule has 0 saturated heterocycles. The van der Waals surface area contributed by atoms with Gasteiger partial charge in [0.15, 0.2) is 5.13 Å². The van der Waals surface area contributed by atoms with Crippen LogP contribution in [0.5, 0.6) is 0 Å². The van der Waals surface area contributed by atoms with Crippen molar-refractivity contribution in [1.82, 2.24) is 9.97 Å². The molecule has 0 atom stereocenters. The Bertz CT molecular complexity index is 907. The topological polar surface area (TPSA) is 84.0 Å². The SMILES string of the molecule is CCS(=O)(=O)Nc1ccc(-c2csc(Nc3cccnc3)n2)cc1. The molecule has 2 aromatic heterocycles. The molecule has 0 unspecified atom stereocenters. The first-order valence-electron chi connectivity index (χ1n) is 7.29. The summed E-state index contributed by atoms with van der Waals surface area (Å²) in [6.07, 6.45) is 3.45. The number of nitrogens with one attached hydrogen (secondary N) is 2. The van der Waals surface area contributed by atoms with E-state index in [2.05, 4.69) is 20.0 Å². The summed E-state index contributed by atoms with van der Waals surface area (Å²) in [6.45, 7) is 1.60. The van der Waals surface area contributed by atoms with Crippen LogP contribution in [-0.2, 0) is 10.0 Å². The summed E-state index contributed by atoms with van der Waals surface area (Å²) in [6, 6.07) is 10.9. The minimum Gasteiger partial charge on any atom is -0.330 e. The molecule has 0 fully saturated rings. The smallest absolute Gasteiger partial charge is 0.232 e. The third-order valence-electron chi connectivity index (χ3n) is 3.25. The summed E-state index contributed by atoms with van der Waals surface area (Å²) in [5.41, 5.74) is 3.17. The van der Waals surface area contributed by atoms with E-state index in [0.717, 1.165) is 22.1 Å². The zero-order valence-corrected chi connectivity index (χ0v) is 14.6. The molecular formula is C16H16N4O2S2. The Labute approximate surface area is 144 Å². The van der Waals surface area contributed by atoms with Crippen LogP contribution in [0.25, 0.3) is 11.3 Å². The van der Waals surface area contributed by atoms with Gasteiger partial charge in [-0.05, 0) is 31.2 Å². The maximum atomic E-state index is 11.6. The average Bonchev–Trinajstić information content (AvgIpc) is 3.05. The molecular weight excluding hydrogens is 344 g/mol. The van der Waals surface area contributed by atoms with Gasteiger partial charge in [0.1, 0.15) is 0 Å². The molecule has 2 heterocycles. The monoisotopic (exact) mass is 360 g/mol. The second-order valence-corrected chi connectivity index (χ2v) is 7.86. The summed E-state index contributed by atoms with van der Waals surface area (Å²) in [4.78, 5) is 8.59. The Morgan fingerprint density at radius 3 is 2.58 bits per heavy atom. The molecule has 0 spiro atoms. The van der Waals surface area contributed by atoms with Gasteiger partial charge in [-0.1, -0.05) is 12.1 Å². The Kier molecular flexibility index (Phi) is 4.77. The van der Waals surface area contributed by atoms with Crippen molar-refractivity contribution in [1.29, 1.82) is 0 Å². The summed E-state index contributed by atoms with van der Waals surface area (Å²) in [5.74, 6) is 0.0458. The van der Waals surface area contributed by atoms with Gasteiger partial charge in [0, 0.05) is 22.8 Å². The first-order chi connectivity index (χ1) is 11.6. The van der Waals surface area contributed by atoms with Crippen LogP contribution in [0.15, 0.2) is 54.2 Å². The van der Waals surface area contributed by atoms with Crippen LogP contribution >= 0.6 is 11.3 Å². The Hall–Kier alpha value is -2.45. The number of pyridine rings is 1. The number of aromatic nitrogens is 2. The fraction of sp³-hybridized carbons (Fsp3) is 0.125. The molecule has 6 nitrogen and oxygen atoms in total. The molecule has 0 aliphatic heterocycles. The lowest BCUT2D eigenvalue weighted by molar-refractivity contribution is 0.602. The number of benzene rings is 1. The van der Waals surface area contributed by atoms with Gasteiger partial charge in [-0.25, -0.2) is 13.4 Å². The second kappa shape index (κ2) is 6.98. The summed E-state index contributed by atoms with van der Waals surface area (Å²) in [5, 5.41) is 5.92. The van der Waals surface area contributed by atoms with Crippen molar-refractivity contribution in [2.24, 2.45) is 0 Å². The van der Waals surface area contributed by atoms with Crippen molar-refractivity contribution in [3.63, 3.8) is 0 Å². The number of anilines is 3. The minimum atomic E-state index is -3.26. The quantitative estimate of drug-likeness (QED) is 0.700. The van der Waals surface area contributed by atoms with Gasteiger partial charge in [0.25, 0.3) is 0 Å². The van der Waals surface area contributed by atoms with Gasteiger partial charge >= 0.3 is 0 Å². The van der Waals surface area contributed by atoms with Crippen LogP contribution in [0.1, 0.15) is 6.92 Å². The van der Waals surface area contributed by atoms with E-state index in [4.69, 9.17) is 0 Å². The predicted octanol–water partition coefficient (Wildman–Crippen LogP) is 3.71. The molecule has 0 aliphatic rings. The largest absolute Gasteiger partial charge is 0.330 e. The number of hydrogen-bond acceptors (Lipinski definition) is 6. The fourth-order valence-electron chi connectivity index (χ4n) is 1.98. The first-order valence-corrected chi connectivity index (χ1v) is 9.82. The highest BCUT2D eigenvalue weighted by atomic mass is 32.2. The Morgan fingerprint density at radius 2 is 1.92 bits per heavy atom. The van der Waals surface area contributed by atoms with Crippen LogP contribution in [0.3, 0.4) is 0 Å². The van der Waals surface area contributed by atoms with Crippen LogP contribution in [-0.4, -0.2) is 24.1 Å². The number of thiazole rings is 1. The molecule has 3 aromatic rings. The molecule has 124 valence electrons. The molecule has 0 saturated carbocycles. The molecule has 24 heavy (non-hydrogen) atoms. The van der Waals surface area contributed by atoms with Gasteiger partial charge in [-0.3, -0.25) is 9.71 Å².